The average Bonchev–Trinajstić information content (AvgIpc) is 2.70. The molecular weight excluding hydrogens is 395 g/mol. The van der Waals surface area contributed by atoms with Gasteiger partial charge in [0.2, 0.25) is 5.88 Å². The molecule has 3 aromatic rings. The van der Waals surface area contributed by atoms with Gasteiger partial charge < -0.3 is 14.7 Å². The van der Waals surface area contributed by atoms with Crippen molar-refractivity contribution in [2.45, 2.75) is 6.92 Å². The molecule has 0 aliphatic rings. The third-order valence-corrected chi connectivity index (χ3v) is 4.45. The maximum Gasteiger partial charge on any atom is 0.325 e. The van der Waals surface area contributed by atoms with Crippen LogP contribution in [-0.2, 0) is 0 Å². The second-order valence-electron chi connectivity index (χ2n) is 5.98. The van der Waals surface area contributed by atoms with Crippen molar-refractivity contribution in [3.8, 4) is 17.6 Å². The number of hydrogen-bond acceptors (Lipinski definition) is 6. The van der Waals surface area contributed by atoms with E-state index >= 15 is 0 Å². The predicted octanol–water partition coefficient (Wildman–Crippen LogP) is 3.77. The normalized spacial score (nSPS) is 12.1. The summed E-state index contributed by atoms with van der Waals surface area (Å²) >= 11 is 5.86. The number of aromatic hydroxyl groups is 1. The summed E-state index contributed by atoms with van der Waals surface area (Å²) in [6.45, 7) is 5.15. The van der Waals surface area contributed by atoms with Crippen LogP contribution < -0.4 is 20.2 Å². The third-order valence-electron chi connectivity index (χ3n) is 4.16. The lowest BCUT2D eigenvalue weighted by molar-refractivity contribution is 0.400. The number of halogens is 2. The number of ether oxygens (including phenoxy) is 1. The van der Waals surface area contributed by atoms with E-state index in [1.807, 2.05) is 24.1 Å². The minimum absolute atomic E-state index is 0.0191. The molecule has 148 valence electrons. The number of aliphatic imine (C=N–C) groups is 1. The minimum Gasteiger partial charge on any atom is -0.493 e. The summed E-state index contributed by atoms with van der Waals surface area (Å²) in [6.07, 6.45) is 3.08. The monoisotopic (exact) mass is 412 g/mol. The SMILES string of the molecule is C=N/C=c1/nc(Oc2ccc(N(C)c3ccc(F)c(Cl)c3)cc2)nc(O)/c1=C/C. The van der Waals surface area contributed by atoms with Crippen molar-refractivity contribution in [1.82, 2.24) is 9.97 Å². The van der Waals surface area contributed by atoms with Crippen LogP contribution in [-0.4, -0.2) is 28.8 Å². The molecule has 8 heteroatoms. The third kappa shape index (κ3) is 4.52. The molecule has 0 bridgehead atoms. The van der Waals surface area contributed by atoms with Gasteiger partial charge in [0.15, 0.2) is 0 Å². The van der Waals surface area contributed by atoms with Crippen LogP contribution in [0.5, 0.6) is 17.6 Å². The predicted molar refractivity (Wildman–Crippen MR) is 113 cm³/mol. The molecule has 1 N–H and O–H groups in total. The van der Waals surface area contributed by atoms with Gasteiger partial charge in [-0.05, 0) is 56.1 Å². The van der Waals surface area contributed by atoms with E-state index < -0.39 is 5.82 Å². The standard InChI is InChI=1S/C21H18ClFN4O2/c1-4-16-19(12-24-2)25-21(26-20(16)28)29-15-8-5-13(6-9-15)27(3)14-7-10-18(23)17(22)11-14/h4-12H,2H2,1,3H3,(H,25,26,28)/b16-4+,19-12+. The number of hydrogen-bond donors (Lipinski definition) is 1. The maximum atomic E-state index is 13.4. The zero-order valence-electron chi connectivity index (χ0n) is 15.8. The van der Waals surface area contributed by atoms with Gasteiger partial charge in [-0.3, -0.25) is 4.99 Å². The summed E-state index contributed by atoms with van der Waals surface area (Å²) in [5.74, 6) is -0.202. The number of rotatable bonds is 5. The molecule has 0 aliphatic heterocycles. The fourth-order valence-corrected chi connectivity index (χ4v) is 2.82. The van der Waals surface area contributed by atoms with E-state index in [2.05, 4.69) is 21.7 Å². The van der Waals surface area contributed by atoms with Crippen LogP contribution in [0.2, 0.25) is 5.02 Å². The minimum atomic E-state index is -0.467. The van der Waals surface area contributed by atoms with Gasteiger partial charge in [0, 0.05) is 18.4 Å². The van der Waals surface area contributed by atoms with E-state index in [1.165, 1.54) is 12.3 Å². The molecule has 29 heavy (non-hydrogen) atoms. The number of nitrogens with zero attached hydrogens (tertiary/aromatic N) is 4. The first-order chi connectivity index (χ1) is 13.9. The Bertz CT molecular complexity index is 1170. The van der Waals surface area contributed by atoms with Crippen molar-refractivity contribution < 1.29 is 14.2 Å². The van der Waals surface area contributed by atoms with Crippen LogP contribution in [0.15, 0.2) is 47.5 Å². The Hall–Kier alpha value is -3.45. The average molecular weight is 413 g/mol. The van der Waals surface area contributed by atoms with Crippen molar-refractivity contribution in [2.24, 2.45) is 4.99 Å². The highest BCUT2D eigenvalue weighted by molar-refractivity contribution is 6.31. The molecule has 0 spiro atoms. The lowest BCUT2D eigenvalue weighted by atomic mass is 10.2. The second kappa shape index (κ2) is 8.70. The van der Waals surface area contributed by atoms with Crippen molar-refractivity contribution in [1.29, 1.82) is 0 Å². The summed E-state index contributed by atoms with van der Waals surface area (Å²) in [4.78, 5) is 13.7. The first-order valence-electron chi connectivity index (χ1n) is 8.59. The van der Waals surface area contributed by atoms with Crippen molar-refractivity contribution in [2.75, 3.05) is 11.9 Å². The highest BCUT2D eigenvalue weighted by Crippen LogP contribution is 2.29. The zero-order chi connectivity index (χ0) is 21.0. The Balaban J connectivity index is 1.85. The Morgan fingerprint density at radius 3 is 2.48 bits per heavy atom. The van der Waals surface area contributed by atoms with Crippen LogP contribution in [0.25, 0.3) is 12.3 Å². The fraction of sp³-hybridized carbons (Fsp3) is 0.0952. The molecule has 0 atom stereocenters. The Labute approximate surface area is 171 Å². The highest BCUT2D eigenvalue weighted by Gasteiger charge is 2.09. The van der Waals surface area contributed by atoms with E-state index in [0.29, 0.717) is 16.3 Å². The fourth-order valence-electron chi connectivity index (χ4n) is 2.65. The van der Waals surface area contributed by atoms with E-state index in [1.54, 1.807) is 37.3 Å². The topological polar surface area (TPSA) is 70.8 Å². The van der Waals surface area contributed by atoms with Crippen molar-refractivity contribution in [3.63, 3.8) is 0 Å². The van der Waals surface area contributed by atoms with Crippen molar-refractivity contribution in [3.05, 3.63) is 63.9 Å². The van der Waals surface area contributed by atoms with Crippen LogP contribution in [0, 0.1) is 5.82 Å². The summed E-state index contributed by atoms with van der Waals surface area (Å²) < 4.78 is 19.0. The van der Waals surface area contributed by atoms with E-state index in [4.69, 9.17) is 16.3 Å². The molecule has 0 aliphatic carbocycles. The molecular formula is C21H18ClFN4O2. The molecule has 6 nitrogen and oxygen atoms in total. The molecule has 1 aromatic heterocycles. The molecule has 1 heterocycles. The molecule has 0 fully saturated rings. The van der Waals surface area contributed by atoms with E-state index in [-0.39, 0.29) is 16.9 Å². The number of aromatic nitrogens is 2. The van der Waals surface area contributed by atoms with E-state index in [9.17, 15) is 9.50 Å². The first kappa shape index (κ1) is 20.3. The summed E-state index contributed by atoms with van der Waals surface area (Å²) in [5.41, 5.74) is 1.58. The highest BCUT2D eigenvalue weighted by atomic mass is 35.5. The summed E-state index contributed by atoms with van der Waals surface area (Å²) in [7, 11) is 1.84. The summed E-state index contributed by atoms with van der Waals surface area (Å²) in [6, 6.07) is 11.6. The molecule has 2 aromatic carbocycles. The Morgan fingerprint density at radius 1 is 1.17 bits per heavy atom. The molecule has 0 saturated carbocycles. The molecule has 0 radical (unpaired) electrons. The molecule has 0 unspecified atom stereocenters. The van der Waals surface area contributed by atoms with Crippen molar-refractivity contribution >= 4 is 42.0 Å². The van der Waals surface area contributed by atoms with Gasteiger partial charge in [-0.25, -0.2) is 4.39 Å². The van der Waals surface area contributed by atoms with Gasteiger partial charge in [0.25, 0.3) is 0 Å². The largest absolute Gasteiger partial charge is 0.493 e. The van der Waals surface area contributed by atoms with Gasteiger partial charge in [-0.1, -0.05) is 17.7 Å². The smallest absolute Gasteiger partial charge is 0.325 e. The first-order valence-corrected chi connectivity index (χ1v) is 8.97. The second-order valence-corrected chi connectivity index (χ2v) is 6.39. The van der Waals surface area contributed by atoms with Crippen LogP contribution >= 0.6 is 11.6 Å². The van der Waals surface area contributed by atoms with Gasteiger partial charge in [-0.15, -0.1) is 0 Å². The Kier molecular flexibility index (Phi) is 6.09. The maximum absolute atomic E-state index is 13.4. The Morgan fingerprint density at radius 2 is 1.86 bits per heavy atom. The summed E-state index contributed by atoms with van der Waals surface area (Å²) in [5, 5.41) is 11.0. The lowest BCUT2D eigenvalue weighted by Crippen LogP contribution is -2.29. The number of benzene rings is 2. The zero-order valence-corrected chi connectivity index (χ0v) is 16.6. The van der Waals surface area contributed by atoms with Gasteiger partial charge in [0.1, 0.15) is 11.6 Å². The molecule has 0 amide bonds. The van der Waals surface area contributed by atoms with Crippen LogP contribution in [0.4, 0.5) is 15.8 Å². The van der Waals surface area contributed by atoms with Gasteiger partial charge in [-0.2, -0.15) is 9.97 Å². The van der Waals surface area contributed by atoms with Gasteiger partial charge >= 0.3 is 6.01 Å². The molecule has 0 saturated heterocycles. The quantitative estimate of drug-likeness (QED) is 0.646. The van der Waals surface area contributed by atoms with E-state index in [0.717, 1.165) is 11.4 Å². The molecule has 3 rings (SSSR count). The van der Waals surface area contributed by atoms with Gasteiger partial charge in [0.05, 0.1) is 21.8 Å². The lowest BCUT2D eigenvalue weighted by Gasteiger charge is -2.20. The van der Waals surface area contributed by atoms with Crippen LogP contribution in [0.1, 0.15) is 6.92 Å². The van der Waals surface area contributed by atoms with Crippen LogP contribution in [0.3, 0.4) is 0 Å². The number of anilines is 2.